The Labute approximate surface area is 140 Å². The van der Waals surface area contributed by atoms with Crippen LogP contribution in [0.25, 0.3) is 0 Å². The molecule has 0 radical (unpaired) electrons. The van der Waals surface area contributed by atoms with Crippen molar-refractivity contribution in [2.45, 2.75) is 37.4 Å². The predicted molar refractivity (Wildman–Crippen MR) is 86.6 cm³/mol. The number of halogens is 3. The van der Waals surface area contributed by atoms with Gasteiger partial charge in [0.05, 0.1) is 6.61 Å². The van der Waals surface area contributed by atoms with Gasteiger partial charge in [0.1, 0.15) is 12.4 Å². The molecule has 0 amide bonds. The normalized spacial score (nSPS) is 11.3. The van der Waals surface area contributed by atoms with E-state index in [1.165, 1.54) is 5.56 Å². The van der Waals surface area contributed by atoms with E-state index in [0.29, 0.717) is 13.0 Å². The minimum Gasteiger partial charge on any atom is -0.493 e. The molecule has 1 aromatic carbocycles. The van der Waals surface area contributed by atoms with Gasteiger partial charge in [-0.3, -0.25) is 4.79 Å². The molecule has 0 aliphatic rings. The van der Waals surface area contributed by atoms with Crippen molar-refractivity contribution in [2.75, 3.05) is 13.2 Å². The van der Waals surface area contributed by atoms with Crippen LogP contribution in [-0.2, 0) is 9.53 Å². The number of esters is 1. The second-order valence-electron chi connectivity index (χ2n) is 4.93. The molecule has 0 N–H and O–H groups in total. The van der Waals surface area contributed by atoms with Gasteiger partial charge in [-0.25, -0.2) is 0 Å². The van der Waals surface area contributed by atoms with Crippen molar-refractivity contribution in [1.29, 1.82) is 0 Å². The summed E-state index contributed by atoms with van der Waals surface area (Å²) in [5.74, 6) is 0.448. The van der Waals surface area contributed by atoms with Crippen LogP contribution in [-0.4, -0.2) is 23.0 Å². The number of hydrogen-bond acceptors (Lipinski definition) is 3. The van der Waals surface area contributed by atoms with E-state index in [0.717, 1.165) is 16.9 Å². The fourth-order valence-corrected chi connectivity index (χ4v) is 1.95. The molecule has 1 rings (SSSR count). The average Bonchev–Trinajstić information content (AvgIpc) is 2.36. The van der Waals surface area contributed by atoms with Crippen LogP contribution in [0.4, 0.5) is 0 Å². The number of aryl methyl sites for hydroxylation is 2. The van der Waals surface area contributed by atoms with Crippen LogP contribution in [0.15, 0.2) is 12.1 Å². The topological polar surface area (TPSA) is 35.5 Å². The molecular weight excluding hydrogens is 335 g/mol. The van der Waals surface area contributed by atoms with E-state index >= 15 is 0 Å². The number of alkyl halides is 3. The Balaban J connectivity index is 2.33. The lowest BCUT2D eigenvalue weighted by molar-refractivity contribution is -0.143. The third kappa shape index (κ3) is 7.25. The smallest absolute Gasteiger partial charge is 0.306 e. The first kappa shape index (κ1) is 18.4. The highest BCUT2D eigenvalue weighted by molar-refractivity contribution is 6.67. The molecule has 0 unspecified atom stereocenters. The SMILES string of the molecule is Cc1cc(C)c(C)c(OCCCC(=O)OCC(Cl)(Cl)Cl)c1. The Morgan fingerprint density at radius 3 is 2.48 bits per heavy atom. The average molecular weight is 354 g/mol. The molecule has 21 heavy (non-hydrogen) atoms. The maximum absolute atomic E-state index is 11.4. The third-order valence-corrected chi connectivity index (χ3v) is 3.27. The molecule has 0 aliphatic carbocycles. The summed E-state index contributed by atoms with van der Waals surface area (Å²) in [4.78, 5) is 11.4. The van der Waals surface area contributed by atoms with Gasteiger partial charge in [-0.1, -0.05) is 40.9 Å². The van der Waals surface area contributed by atoms with E-state index in [2.05, 4.69) is 6.07 Å². The Morgan fingerprint density at radius 2 is 1.86 bits per heavy atom. The van der Waals surface area contributed by atoms with Crippen molar-refractivity contribution >= 4 is 40.8 Å². The quantitative estimate of drug-likeness (QED) is 0.423. The highest BCUT2D eigenvalue weighted by Gasteiger charge is 2.21. The zero-order valence-electron chi connectivity index (χ0n) is 12.3. The first-order valence-corrected chi connectivity index (χ1v) is 7.75. The van der Waals surface area contributed by atoms with Crippen LogP contribution in [0.2, 0.25) is 0 Å². The molecule has 0 saturated carbocycles. The molecule has 0 spiro atoms. The molecule has 1 aromatic rings. The van der Waals surface area contributed by atoms with E-state index < -0.39 is 9.76 Å². The van der Waals surface area contributed by atoms with Crippen molar-refractivity contribution < 1.29 is 14.3 Å². The van der Waals surface area contributed by atoms with E-state index in [4.69, 9.17) is 44.3 Å². The molecule has 0 atom stereocenters. The number of carbonyl (C=O) groups is 1. The minimum absolute atomic E-state index is 0.227. The van der Waals surface area contributed by atoms with Gasteiger partial charge in [0.2, 0.25) is 3.79 Å². The van der Waals surface area contributed by atoms with Gasteiger partial charge >= 0.3 is 5.97 Å². The molecule has 0 bridgehead atoms. The molecule has 6 heteroatoms. The van der Waals surface area contributed by atoms with Crippen LogP contribution >= 0.6 is 34.8 Å². The van der Waals surface area contributed by atoms with Crippen LogP contribution in [0.1, 0.15) is 29.5 Å². The highest BCUT2D eigenvalue weighted by Crippen LogP contribution is 2.26. The van der Waals surface area contributed by atoms with E-state index in [1.54, 1.807) is 0 Å². The van der Waals surface area contributed by atoms with Gasteiger partial charge in [0, 0.05) is 6.42 Å². The number of benzene rings is 1. The zero-order valence-corrected chi connectivity index (χ0v) is 14.6. The predicted octanol–water partition coefficient (Wildman–Crippen LogP) is 4.68. The van der Waals surface area contributed by atoms with Crippen molar-refractivity contribution in [2.24, 2.45) is 0 Å². The summed E-state index contributed by atoms with van der Waals surface area (Å²) >= 11 is 16.5. The molecular formula is C15H19Cl3O3. The maximum Gasteiger partial charge on any atom is 0.306 e. The molecule has 3 nitrogen and oxygen atoms in total. The summed E-state index contributed by atoms with van der Waals surface area (Å²) in [5.41, 5.74) is 3.45. The number of carbonyl (C=O) groups excluding carboxylic acids is 1. The fourth-order valence-electron chi connectivity index (χ4n) is 1.78. The highest BCUT2D eigenvalue weighted by atomic mass is 35.6. The maximum atomic E-state index is 11.4. The monoisotopic (exact) mass is 352 g/mol. The lowest BCUT2D eigenvalue weighted by Gasteiger charge is -2.13. The molecule has 0 heterocycles. The standard InChI is InChI=1S/C15H19Cl3O3/c1-10-7-11(2)12(3)13(8-10)20-6-4-5-14(19)21-9-15(16,17)18/h7-8H,4-6,9H2,1-3H3. The Bertz CT molecular complexity index is 496. The second-order valence-corrected chi connectivity index (χ2v) is 7.45. The lowest BCUT2D eigenvalue weighted by atomic mass is 10.1. The zero-order chi connectivity index (χ0) is 16.0. The molecule has 0 aromatic heterocycles. The van der Waals surface area contributed by atoms with Crippen molar-refractivity contribution in [3.05, 3.63) is 28.8 Å². The van der Waals surface area contributed by atoms with Gasteiger partial charge in [0.25, 0.3) is 0 Å². The Hall–Kier alpha value is -0.640. The van der Waals surface area contributed by atoms with Gasteiger partial charge in [0.15, 0.2) is 0 Å². The van der Waals surface area contributed by atoms with Crippen molar-refractivity contribution in [3.63, 3.8) is 0 Å². The number of ether oxygens (including phenoxy) is 2. The van der Waals surface area contributed by atoms with E-state index in [9.17, 15) is 4.79 Å². The van der Waals surface area contributed by atoms with E-state index in [1.807, 2.05) is 26.8 Å². The summed E-state index contributed by atoms with van der Waals surface area (Å²) in [7, 11) is 0. The van der Waals surface area contributed by atoms with Crippen molar-refractivity contribution in [1.82, 2.24) is 0 Å². The number of hydrogen-bond donors (Lipinski definition) is 0. The van der Waals surface area contributed by atoms with Gasteiger partial charge in [-0.15, -0.1) is 0 Å². The molecule has 0 fully saturated rings. The molecule has 0 saturated heterocycles. The van der Waals surface area contributed by atoms with Crippen LogP contribution in [0.3, 0.4) is 0 Å². The summed E-state index contributed by atoms with van der Waals surface area (Å²) in [6.07, 6.45) is 0.774. The summed E-state index contributed by atoms with van der Waals surface area (Å²) in [5, 5.41) is 0. The van der Waals surface area contributed by atoms with Gasteiger partial charge < -0.3 is 9.47 Å². The Kier molecular flexibility index (Phi) is 7.11. The fraction of sp³-hybridized carbons (Fsp3) is 0.533. The minimum atomic E-state index is -1.57. The lowest BCUT2D eigenvalue weighted by Crippen LogP contribution is -2.17. The van der Waals surface area contributed by atoms with Gasteiger partial charge in [-0.05, 0) is 49.9 Å². The third-order valence-electron chi connectivity index (χ3n) is 2.94. The summed E-state index contributed by atoms with van der Waals surface area (Å²) in [6, 6.07) is 4.10. The van der Waals surface area contributed by atoms with Crippen LogP contribution in [0.5, 0.6) is 5.75 Å². The second kappa shape index (κ2) is 8.11. The Morgan fingerprint density at radius 1 is 1.19 bits per heavy atom. The molecule has 0 aliphatic heterocycles. The number of rotatable bonds is 6. The first-order valence-electron chi connectivity index (χ1n) is 6.62. The molecule has 118 valence electrons. The van der Waals surface area contributed by atoms with Crippen molar-refractivity contribution in [3.8, 4) is 5.75 Å². The largest absolute Gasteiger partial charge is 0.493 e. The summed E-state index contributed by atoms with van der Waals surface area (Å²) in [6.45, 7) is 6.27. The first-order chi connectivity index (χ1) is 9.69. The summed E-state index contributed by atoms with van der Waals surface area (Å²) < 4.78 is 8.97. The van der Waals surface area contributed by atoms with Crippen LogP contribution < -0.4 is 4.74 Å². The van der Waals surface area contributed by atoms with Gasteiger partial charge in [-0.2, -0.15) is 0 Å². The van der Waals surface area contributed by atoms with E-state index in [-0.39, 0.29) is 13.0 Å². The van der Waals surface area contributed by atoms with Crippen LogP contribution in [0, 0.1) is 20.8 Å².